The van der Waals surface area contributed by atoms with Crippen LogP contribution in [0.4, 0.5) is 0 Å². The predicted octanol–water partition coefficient (Wildman–Crippen LogP) is 6.07. The highest BCUT2D eigenvalue weighted by molar-refractivity contribution is 9.10. The van der Waals surface area contributed by atoms with Gasteiger partial charge in [0.2, 0.25) is 0 Å². The minimum Gasteiger partial charge on any atom is -0.493 e. The number of hydrogen-bond donors (Lipinski definition) is 0. The fraction of sp³-hybridized carbons (Fsp3) is 0.407. The van der Waals surface area contributed by atoms with Crippen LogP contribution in [0.5, 0.6) is 11.5 Å². The van der Waals surface area contributed by atoms with Crippen molar-refractivity contribution >= 4 is 21.8 Å². The summed E-state index contributed by atoms with van der Waals surface area (Å²) < 4.78 is 14.6. The van der Waals surface area contributed by atoms with Crippen LogP contribution in [0.3, 0.4) is 0 Å². The lowest BCUT2D eigenvalue weighted by molar-refractivity contribution is 0.0648. The van der Waals surface area contributed by atoms with Gasteiger partial charge in [0.1, 0.15) is 0 Å². The molecule has 34 heavy (non-hydrogen) atoms. The topological polar surface area (TPSA) is 56.6 Å². The van der Waals surface area contributed by atoms with Crippen LogP contribution < -0.4 is 9.47 Å². The Balaban J connectivity index is 1.96. The van der Waals surface area contributed by atoms with Crippen molar-refractivity contribution < 1.29 is 14.3 Å². The molecule has 0 saturated heterocycles. The predicted molar refractivity (Wildman–Crippen MR) is 138 cm³/mol. The first-order valence-electron chi connectivity index (χ1n) is 11.5. The van der Waals surface area contributed by atoms with Crippen molar-refractivity contribution in [2.45, 2.75) is 59.1 Å². The summed E-state index contributed by atoms with van der Waals surface area (Å²) in [6, 6.07) is 12.1. The number of rotatable bonds is 5. The third-order valence-electron chi connectivity index (χ3n) is 6.22. The number of nitrogens with zero attached hydrogens (tertiary/aromatic N) is 3. The Morgan fingerprint density at radius 2 is 1.79 bits per heavy atom. The van der Waals surface area contributed by atoms with Crippen LogP contribution in [0.25, 0.3) is 16.9 Å². The van der Waals surface area contributed by atoms with Gasteiger partial charge >= 0.3 is 0 Å². The Hall–Kier alpha value is -2.80. The van der Waals surface area contributed by atoms with E-state index in [2.05, 4.69) is 22.0 Å². The molecule has 1 aliphatic carbocycles. The van der Waals surface area contributed by atoms with E-state index in [1.807, 2.05) is 76.7 Å². The van der Waals surface area contributed by atoms with Crippen LogP contribution in [-0.2, 0) is 12.8 Å². The Kier molecular flexibility index (Phi) is 6.51. The summed E-state index contributed by atoms with van der Waals surface area (Å²) in [5.74, 6) is 1.33. The van der Waals surface area contributed by atoms with Crippen LogP contribution >= 0.6 is 15.9 Å². The smallest absolute Gasteiger partial charge is 0.274 e. The van der Waals surface area contributed by atoms with E-state index in [1.54, 1.807) is 12.0 Å². The van der Waals surface area contributed by atoms with Gasteiger partial charge in [-0.05, 0) is 89.4 Å². The van der Waals surface area contributed by atoms with Gasteiger partial charge in [0, 0.05) is 28.2 Å². The third kappa shape index (κ3) is 4.45. The van der Waals surface area contributed by atoms with E-state index >= 15 is 0 Å². The molecule has 0 aliphatic heterocycles. The maximum absolute atomic E-state index is 13.6. The molecule has 0 spiro atoms. The molecule has 3 aromatic rings. The van der Waals surface area contributed by atoms with Gasteiger partial charge in [-0.3, -0.25) is 4.79 Å². The second-order valence-electron chi connectivity index (χ2n) is 9.93. The van der Waals surface area contributed by atoms with E-state index < -0.39 is 0 Å². The molecule has 180 valence electrons. The van der Waals surface area contributed by atoms with Gasteiger partial charge in [-0.1, -0.05) is 15.9 Å². The van der Waals surface area contributed by atoms with Crippen molar-refractivity contribution in [1.82, 2.24) is 14.7 Å². The highest BCUT2D eigenvalue weighted by Gasteiger charge is 2.33. The lowest BCUT2D eigenvalue weighted by atomic mass is 9.88. The summed E-state index contributed by atoms with van der Waals surface area (Å²) in [5, 5.41) is 4.90. The molecular weight excluding hydrogens is 494 g/mol. The van der Waals surface area contributed by atoms with Gasteiger partial charge in [-0.15, -0.1) is 0 Å². The molecule has 1 aliphatic rings. The van der Waals surface area contributed by atoms with E-state index in [1.165, 1.54) is 0 Å². The molecule has 0 unspecified atom stereocenters. The quantitative estimate of drug-likeness (QED) is 0.405. The third-order valence-corrected chi connectivity index (χ3v) is 6.75. The van der Waals surface area contributed by atoms with E-state index in [0.717, 1.165) is 51.1 Å². The molecule has 1 amide bonds. The zero-order valence-electron chi connectivity index (χ0n) is 20.9. The first kappa shape index (κ1) is 24.3. The monoisotopic (exact) mass is 525 g/mol. The first-order chi connectivity index (χ1) is 16.0. The average Bonchev–Trinajstić information content (AvgIpc) is 3.17. The minimum absolute atomic E-state index is 0.00368. The van der Waals surface area contributed by atoms with Gasteiger partial charge in [0.25, 0.3) is 5.91 Å². The Bertz CT molecular complexity index is 1220. The second kappa shape index (κ2) is 9.10. The molecule has 0 bridgehead atoms. The Labute approximate surface area is 210 Å². The van der Waals surface area contributed by atoms with E-state index in [9.17, 15) is 4.79 Å². The summed E-state index contributed by atoms with van der Waals surface area (Å²) in [7, 11) is 3.50. The number of amides is 1. The normalized spacial score (nSPS) is 12.9. The highest BCUT2D eigenvalue weighted by Crippen LogP contribution is 2.43. The number of ether oxygens (including phenoxy) is 2. The summed E-state index contributed by atoms with van der Waals surface area (Å²) in [6.45, 7) is 10.1. The molecule has 1 aromatic heterocycles. The molecular formula is C27H32BrN3O3. The molecule has 0 fully saturated rings. The van der Waals surface area contributed by atoms with Gasteiger partial charge in [-0.25, -0.2) is 4.68 Å². The molecule has 0 saturated carbocycles. The number of halogens is 1. The fourth-order valence-corrected chi connectivity index (χ4v) is 4.43. The maximum atomic E-state index is 13.6. The number of aromatic nitrogens is 2. The summed E-state index contributed by atoms with van der Waals surface area (Å²) >= 11 is 3.52. The zero-order valence-corrected chi connectivity index (χ0v) is 22.5. The summed E-state index contributed by atoms with van der Waals surface area (Å²) in [6.07, 6.45) is 1.53. The zero-order chi connectivity index (χ0) is 24.8. The molecule has 0 radical (unpaired) electrons. The summed E-state index contributed by atoms with van der Waals surface area (Å²) in [4.78, 5) is 15.3. The van der Waals surface area contributed by atoms with Crippen molar-refractivity contribution in [2.75, 3.05) is 14.2 Å². The fourth-order valence-electron chi connectivity index (χ4n) is 4.16. The van der Waals surface area contributed by atoms with E-state index in [4.69, 9.17) is 14.6 Å². The van der Waals surface area contributed by atoms with Crippen LogP contribution in [0, 0.1) is 0 Å². The molecule has 7 heteroatoms. The average molecular weight is 526 g/mol. The highest BCUT2D eigenvalue weighted by atomic mass is 79.9. The second-order valence-corrected chi connectivity index (χ2v) is 10.8. The lowest BCUT2D eigenvalue weighted by Crippen LogP contribution is -2.43. The lowest BCUT2D eigenvalue weighted by Gasteiger charge is -2.31. The Morgan fingerprint density at radius 1 is 1.12 bits per heavy atom. The molecule has 4 rings (SSSR count). The number of hydrogen-bond acceptors (Lipinski definition) is 4. The van der Waals surface area contributed by atoms with E-state index in [-0.39, 0.29) is 17.6 Å². The number of methoxy groups -OCH3 is 1. The van der Waals surface area contributed by atoms with Crippen molar-refractivity contribution in [3.05, 3.63) is 57.7 Å². The van der Waals surface area contributed by atoms with Crippen LogP contribution in [0.2, 0.25) is 0 Å². The molecule has 2 aromatic carbocycles. The van der Waals surface area contributed by atoms with Crippen molar-refractivity contribution in [3.63, 3.8) is 0 Å². The maximum Gasteiger partial charge on any atom is 0.274 e. The van der Waals surface area contributed by atoms with Crippen molar-refractivity contribution in [3.8, 4) is 28.4 Å². The van der Waals surface area contributed by atoms with Crippen LogP contribution in [-0.4, -0.2) is 46.4 Å². The van der Waals surface area contributed by atoms with Gasteiger partial charge < -0.3 is 14.4 Å². The molecule has 6 nitrogen and oxygen atoms in total. The SMILES string of the molecule is COc1cc2c(cc1OC(C)C)-c1c(c(C(=O)N(C)C(C)(C)C)nn1-c1ccc(Br)cc1)CC2. The van der Waals surface area contributed by atoms with E-state index in [0.29, 0.717) is 11.4 Å². The van der Waals surface area contributed by atoms with Gasteiger partial charge in [0.15, 0.2) is 17.2 Å². The number of carbonyl (C=O) groups excluding carboxylic acids is 1. The van der Waals surface area contributed by atoms with Crippen LogP contribution in [0.1, 0.15) is 56.2 Å². The number of carbonyl (C=O) groups is 1. The number of aryl methyl sites for hydroxylation is 1. The van der Waals surface area contributed by atoms with Crippen LogP contribution in [0.15, 0.2) is 40.9 Å². The summed E-state index contributed by atoms with van der Waals surface area (Å²) in [5.41, 5.74) is 5.16. The number of benzene rings is 2. The van der Waals surface area contributed by atoms with Gasteiger partial charge in [0.05, 0.1) is 24.6 Å². The number of fused-ring (bicyclic) bond motifs is 3. The first-order valence-corrected chi connectivity index (χ1v) is 12.3. The largest absolute Gasteiger partial charge is 0.493 e. The molecule has 0 atom stereocenters. The van der Waals surface area contributed by atoms with Gasteiger partial charge in [-0.2, -0.15) is 5.10 Å². The molecule has 0 N–H and O–H groups in total. The van der Waals surface area contributed by atoms with Crippen molar-refractivity contribution in [1.29, 1.82) is 0 Å². The minimum atomic E-state index is -0.316. The standard InChI is InChI=1S/C27H32BrN3O3/c1-16(2)34-23-15-21-17(14-22(23)33-7)8-13-20-24(26(32)30(6)27(3,4)5)29-31(25(20)21)19-11-9-18(28)10-12-19/h9-12,14-16H,8,13H2,1-7H3. The Morgan fingerprint density at radius 3 is 2.38 bits per heavy atom. The van der Waals surface area contributed by atoms with Crippen molar-refractivity contribution in [2.24, 2.45) is 0 Å². The molecule has 1 heterocycles.